The first-order chi connectivity index (χ1) is 12.5. The molecule has 0 unspecified atom stereocenters. The lowest BCUT2D eigenvalue weighted by molar-refractivity contribution is -0.140. The molecule has 2 aromatic carbocycles. The van der Waals surface area contributed by atoms with Crippen LogP contribution in [0.2, 0.25) is 0 Å². The molecule has 1 atom stereocenters. The Labute approximate surface area is 155 Å². The molecule has 0 aliphatic heterocycles. The normalized spacial score (nSPS) is 11.5. The summed E-state index contributed by atoms with van der Waals surface area (Å²) in [6.07, 6.45) is 0.265. The van der Waals surface area contributed by atoms with Gasteiger partial charge in [0.25, 0.3) is 0 Å². The smallest absolute Gasteiger partial charge is 0.242 e. The van der Waals surface area contributed by atoms with Crippen LogP contribution in [-0.2, 0) is 22.6 Å². The molecule has 1 N–H and O–H groups in total. The molecule has 0 saturated carbocycles. The molecule has 0 aliphatic carbocycles. The zero-order chi connectivity index (χ0) is 18.9. The molecular weight excluding hydrogens is 328 g/mol. The van der Waals surface area contributed by atoms with Crippen LogP contribution in [0.3, 0.4) is 0 Å². The lowest BCUT2D eigenvalue weighted by atomic mass is 10.1. The van der Waals surface area contributed by atoms with Crippen LogP contribution in [0.25, 0.3) is 0 Å². The summed E-state index contributed by atoms with van der Waals surface area (Å²) in [6.45, 7) is 4.53. The van der Waals surface area contributed by atoms with E-state index in [4.69, 9.17) is 4.74 Å². The van der Waals surface area contributed by atoms with E-state index in [1.807, 2.05) is 61.5 Å². The molecule has 2 amide bonds. The largest absolute Gasteiger partial charge is 0.497 e. The minimum Gasteiger partial charge on any atom is -0.497 e. The quantitative estimate of drug-likeness (QED) is 0.793. The third-order valence-electron chi connectivity index (χ3n) is 4.23. The van der Waals surface area contributed by atoms with Gasteiger partial charge in [-0.2, -0.15) is 0 Å². The van der Waals surface area contributed by atoms with E-state index in [9.17, 15) is 9.59 Å². The van der Waals surface area contributed by atoms with Crippen LogP contribution in [0.4, 0.5) is 0 Å². The Kier molecular flexibility index (Phi) is 7.21. The van der Waals surface area contributed by atoms with Gasteiger partial charge in [-0.15, -0.1) is 0 Å². The van der Waals surface area contributed by atoms with Crippen LogP contribution >= 0.6 is 0 Å². The Morgan fingerprint density at radius 1 is 1.04 bits per heavy atom. The second kappa shape index (κ2) is 9.61. The molecule has 2 aromatic rings. The van der Waals surface area contributed by atoms with Crippen LogP contribution in [-0.4, -0.2) is 36.4 Å². The third-order valence-corrected chi connectivity index (χ3v) is 4.23. The summed E-state index contributed by atoms with van der Waals surface area (Å²) in [6, 6.07) is 16.5. The van der Waals surface area contributed by atoms with E-state index in [-0.39, 0.29) is 18.2 Å². The molecule has 26 heavy (non-hydrogen) atoms. The van der Waals surface area contributed by atoms with E-state index < -0.39 is 6.04 Å². The van der Waals surface area contributed by atoms with Crippen molar-refractivity contribution < 1.29 is 14.3 Å². The molecule has 0 fully saturated rings. The van der Waals surface area contributed by atoms with Gasteiger partial charge in [0, 0.05) is 13.1 Å². The maximum atomic E-state index is 12.9. The Morgan fingerprint density at radius 3 is 2.27 bits per heavy atom. The van der Waals surface area contributed by atoms with Crippen LogP contribution < -0.4 is 10.1 Å². The van der Waals surface area contributed by atoms with Gasteiger partial charge < -0.3 is 15.0 Å². The number of amides is 2. The SMILES string of the molecule is CCNC(=O)[C@@H](C)N(Cc1ccc(OC)cc1)C(=O)Cc1ccccc1. The molecule has 2 rings (SSSR count). The fourth-order valence-electron chi connectivity index (χ4n) is 2.70. The molecule has 138 valence electrons. The molecular formula is C21H26N2O3. The van der Waals surface area contributed by atoms with Gasteiger partial charge in [-0.3, -0.25) is 9.59 Å². The van der Waals surface area contributed by atoms with Gasteiger partial charge in [0.15, 0.2) is 0 Å². The molecule has 5 nitrogen and oxygen atoms in total. The zero-order valence-corrected chi connectivity index (χ0v) is 15.6. The molecule has 0 heterocycles. The number of methoxy groups -OCH3 is 1. The first-order valence-electron chi connectivity index (χ1n) is 8.79. The van der Waals surface area contributed by atoms with Crippen molar-refractivity contribution >= 4 is 11.8 Å². The van der Waals surface area contributed by atoms with Crippen molar-refractivity contribution in [1.82, 2.24) is 10.2 Å². The molecule has 0 saturated heterocycles. The number of benzene rings is 2. The van der Waals surface area contributed by atoms with E-state index in [2.05, 4.69) is 5.32 Å². The summed E-state index contributed by atoms with van der Waals surface area (Å²) in [4.78, 5) is 26.8. The second-order valence-corrected chi connectivity index (χ2v) is 6.10. The Hall–Kier alpha value is -2.82. The number of nitrogens with zero attached hydrogens (tertiary/aromatic N) is 1. The summed E-state index contributed by atoms with van der Waals surface area (Å²) in [5.41, 5.74) is 1.88. The van der Waals surface area contributed by atoms with E-state index in [1.54, 1.807) is 18.9 Å². The molecule has 0 radical (unpaired) electrons. The zero-order valence-electron chi connectivity index (χ0n) is 15.6. The Morgan fingerprint density at radius 2 is 1.69 bits per heavy atom. The summed E-state index contributed by atoms with van der Waals surface area (Å²) in [7, 11) is 1.61. The highest BCUT2D eigenvalue weighted by atomic mass is 16.5. The van der Waals surface area contributed by atoms with Gasteiger partial charge in [-0.1, -0.05) is 42.5 Å². The van der Waals surface area contributed by atoms with E-state index in [0.29, 0.717) is 13.1 Å². The third kappa shape index (κ3) is 5.34. The number of likely N-dealkylation sites (N-methyl/N-ethyl adjacent to an activating group) is 1. The summed E-state index contributed by atoms with van der Waals surface area (Å²) < 4.78 is 5.17. The number of nitrogens with one attached hydrogen (secondary N) is 1. The molecule has 5 heteroatoms. The van der Waals surface area contributed by atoms with Gasteiger partial charge >= 0.3 is 0 Å². The Balaban J connectivity index is 2.19. The fraction of sp³-hybridized carbons (Fsp3) is 0.333. The van der Waals surface area contributed by atoms with Crippen molar-refractivity contribution in [1.29, 1.82) is 0 Å². The van der Waals surface area contributed by atoms with Gasteiger partial charge in [-0.05, 0) is 37.1 Å². The highest BCUT2D eigenvalue weighted by Gasteiger charge is 2.25. The van der Waals surface area contributed by atoms with Crippen LogP contribution in [0.1, 0.15) is 25.0 Å². The number of rotatable bonds is 8. The average Bonchev–Trinajstić information content (AvgIpc) is 2.67. The van der Waals surface area contributed by atoms with Gasteiger partial charge in [0.2, 0.25) is 11.8 Å². The lowest BCUT2D eigenvalue weighted by Crippen LogP contribution is -2.48. The molecule has 0 aromatic heterocycles. The predicted octanol–water partition coefficient (Wildman–Crippen LogP) is 2.79. The Bertz CT molecular complexity index is 714. The van der Waals surface area contributed by atoms with Gasteiger partial charge in [-0.25, -0.2) is 0 Å². The maximum Gasteiger partial charge on any atom is 0.242 e. The van der Waals surface area contributed by atoms with E-state index >= 15 is 0 Å². The molecule has 0 bridgehead atoms. The van der Waals surface area contributed by atoms with Crippen LogP contribution in [0.15, 0.2) is 54.6 Å². The number of ether oxygens (including phenoxy) is 1. The first kappa shape index (κ1) is 19.5. The van der Waals surface area contributed by atoms with Crippen molar-refractivity contribution in [3.05, 3.63) is 65.7 Å². The predicted molar refractivity (Wildman–Crippen MR) is 102 cm³/mol. The van der Waals surface area contributed by atoms with Crippen molar-refractivity contribution in [3.63, 3.8) is 0 Å². The fourth-order valence-corrected chi connectivity index (χ4v) is 2.70. The topological polar surface area (TPSA) is 58.6 Å². The minimum atomic E-state index is -0.548. The number of carbonyl (C=O) groups excluding carboxylic acids is 2. The molecule has 0 spiro atoms. The monoisotopic (exact) mass is 354 g/mol. The van der Waals surface area contributed by atoms with E-state index in [1.165, 1.54) is 0 Å². The lowest BCUT2D eigenvalue weighted by Gasteiger charge is -2.29. The summed E-state index contributed by atoms with van der Waals surface area (Å²) in [5.74, 6) is 0.529. The maximum absolute atomic E-state index is 12.9. The van der Waals surface area contributed by atoms with Gasteiger partial charge in [0.1, 0.15) is 11.8 Å². The van der Waals surface area contributed by atoms with Crippen molar-refractivity contribution in [2.75, 3.05) is 13.7 Å². The summed E-state index contributed by atoms with van der Waals surface area (Å²) in [5, 5.41) is 2.80. The highest BCUT2D eigenvalue weighted by Crippen LogP contribution is 2.16. The number of hydrogen-bond acceptors (Lipinski definition) is 3. The highest BCUT2D eigenvalue weighted by molar-refractivity contribution is 5.88. The van der Waals surface area contributed by atoms with Gasteiger partial charge in [0.05, 0.1) is 13.5 Å². The number of carbonyl (C=O) groups is 2. The minimum absolute atomic E-state index is 0.0780. The summed E-state index contributed by atoms with van der Waals surface area (Å²) >= 11 is 0. The molecule has 0 aliphatic rings. The first-order valence-corrected chi connectivity index (χ1v) is 8.79. The van der Waals surface area contributed by atoms with Crippen molar-refractivity contribution in [2.24, 2.45) is 0 Å². The van der Waals surface area contributed by atoms with E-state index in [0.717, 1.165) is 16.9 Å². The number of hydrogen-bond donors (Lipinski definition) is 1. The van der Waals surface area contributed by atoms with Crippen molar-refractivity contribution in [3.8, 4) is 5.75 Å². The van der Waals surface area contributed by atoms with Crippen molar-refractivity contribution in [2.45, 2.75) is 32.9 Å². The second-order valence-electron chi connectivity index (χ2n) is 6.10. The average molecular weight is 354 g/mol. The standard InChI is InChI=1S/C21H26N2O3/c1-4-22-21(25)16(2)23(15-18-10-12-19(26-3)13-11-18)20(24)14-17-8-6-5-7-9-17/h5-13,16H,4,14-15H2,1-3H3,(H,22,25)/t16-/m1/s1. The van der Waals surface area contributed by atoms with Crippen LogP contribution in [0, 0.1) is 0 Å². The van der Waals surface area contributed by atoms with Crippen LogP contribution in [0.5, 0.6) is 5.75 Å².